The fourth-order valence-corrected chi connectivity index (χ4v) is 4.05. The highest BCUT2D eigenvalue weighted by Gasteiger charge is 2.22. The number of rotatable bonds is 7. The molecule has 3 rings (SSSR count). The number of aryl methyl sites for hydroxylation is 1. The van der Waals surface area contributed by atoms with E-state index in [1.165, 1.54) is 23.1 Å². The molecule has 0 aliphatic carbocycles. The number of carbonyl (C=O) groups excluding carboxylic acids is 2. The summed E-state index contributed by atoms with van der Waals surface area (Å²) >= 11 is 2.55. The molecule has 0 aromatic carbocycles. The van der Waals surface area contributed by atoms with Gasteiger partial charge in [-0.2, -0.15) is 4.98 Å². The second-order valence-corrected chi connectivity index (χ2v) is 7.89. The second-order valence-electron chi connectivity index (χ2n) is 5.73. The molecule has 0 fully saturated rings. The average Bonchev–Trinajstić information content (AvgIpc) is 3.26. The molecule has 3 heterocycles. The van der Waals surface area contributed by atoms with Crippen LogP contribution in [0, 0.1) is 13.8 Å². The summed E-state index contributed by atoms with van der Waals surface area (Å²) in [5.74, 6) is -0.0301. The minimum absolute atomic E-state index is 0.109. The van der Waals surface area contributed by atoms with Crippen molar-refractivity contribution < 1.29 is 14.3 Å². The number of nitrogens with zero attached hydrogens (tertiary/aromatic N) is 3. The lowest BCUT2D eigenvalue weighted by Crippen LogP contribution is -2.16. The number of anilines is 1. The van der Waals surface area contributed by atoms with Gasteiger partial charge in [0.25, 0.3) is 0 Å². The van der Waals surface area contributed by atoms with E-state index in [4.69, 9.17) is 4.74 Å². The summed E-state index contributed by atoms with van der Waals surface area (Å²) in [4.78, 5) is 34.0. The average molecular weight is 418 g/mol. The Kier molecular flexibility index (Phi) is 6.42. The summed E-state index contributed by atoms with van der Waals surface area (Å²) in [6.45, 7) is 5.77. The number of aromatic amines is 1. The van der Waals surface area contributed by atoms with Crippen LogP contribution in [-0.4, -0.2) is 44.4 Å². The van der Waals surface area contributed by atoms with Crippen molar-refractivity contribution >= 4 is 40.0 Å². The van der Waals surface area contributed by atoms with Crippen LogP contribution in [0.3, 0.4) is 0 Å². The SMILES string of the molecule is CCOC(=O)c1c(NC(=O)CSc2n[nH]c(-c3ccccn3)n2)sc(C)c1C. The zero-order valence-electron chi connectivity index (χ0n) is 15.6. The molecule has 0 atom stereocenters. The standard InChI is InChI=1S/C18H19N5O3S2/c1-4-26-17(25)14-10(2)11(3)28-16(14)20-13(24)9-27-18-21-15(22-23-18)12-7-5-6-8-19-12/h5-8H,4,9H2,1-3H3,(H,20,24)(H,21,22,23). The van der Waals surface area contributed by atoms with Gasteiger partial charge in [0.15, 0.2) is 5.82 Å². The Labute approximate surface area is 170 Å². The van der Waals surface area contributed by atoms with Crippen molar-refractivity contribution in [2.24, 2.45) is 0 Å². The Morgan fingerprint density at radius 2 is 2.14 bits per heavy atom. The molecule has 10 heteroatoms. The van der Waals surface area contributed by atoms with Crippen LogP contribution in [0.15, 0.2) is 29.6 Å². The maximum atomic E-state index is 12.4. The van der Waals surface area contributed by atoms with E-state index < -0.39 is 5.97 Å². The van der Waals surface area contributed by atoms with Crippen molar-refractivity contribution in [1.82, 2.24) is 20.2 Å². The lowest BCUT2D eigenvalue weighted by molar-refractivity contribution is -0.113. The van der Waals surface area contributed by atoms with E-state index in [-0.39, 0.29) is 18.3 Å². The zero-order chi connectivity index (χ0) is 20.1. The van der Waals surface area contributed by atoms with Crippen LogP contribution in [-0.2, 0) is 9.53 Å². The fourth-order valence-electron chi connectivity index (χ4n) is 2.39. The van der Waals surface area contributed by atoms with E-state index in [0.717, 1.165) is 10.4 Å². The van der Waals surface area contributed by atoms with Gasteiger partial charge in [-0.15, -0.1) is 16.4 Å². The molecular weight excluding hydrogens is 398 g/mol. The molecule has 3 aromatic rings. The molecule has 0 aliphatic rings. The minimum Gasteiger partial charge on any atom is -0.462 e. The summed E-state index contributed by atoms with van der Waals surface area (Å²) in [6.07, 6.45) is 1.67. The van der Waals surface area contributed by atoms with Crippen molar-refractivity contribution in [2.75, 3.05) is 17.7 Å². The third-order valence-electron chi connectivity index (χ3n) is 3.82. The maximum absolute atomic E-state index is 12.4. The summed E-state index contributed by atoms with van der Waals surface area (Å²) < 4.78 is 5.10. The number of pyridine rings is 1. The Bertz CT molecular complexity index is 985. The van der Waals surface area contributed by atoms with Gasteiger partial charge in [0, 0.05) is 11.1 Å². The van der Waals surface area contributed by atoms with Crippen LogP contribution in [0.1, 0.15) is 27.7 Å². The van der Waals surface area contributed by atoms with Crippen LogP contribution in [0.5, 0.6) is 0 Å². The summed E-state index contributed by atoms with van der Waals surface area (Å²) in [5, 5.41) is 10.7. The van der Waals surface area contributed by atoms with Crippen LogP contribution in [0.25, 0.3) is 11.5 Å². The highest BCUT2D eigenvalue weighted by Crippen LogP contribution is 2.33. The topological polar surface area (TPSA) is 110 Å². The van der Waals surface area contributed by atoms with Gasteiger partial charge in [-0.3, -0.25) is 14.9 Å². The number of aromatic nitrogens is 4. The highest BCUT2D eigenvalue weighted by molar-refractivity contribution is 7.99. The summed E-state index contributed by atoms with van der Waals surface area (Å²) in [6, 6.07) is 5.50. The molecular formula is C18H19N5O3S2. The first-order valence-electron chi connectivity index (χ1n) is 8.53. The number of esters is 1. The molecule has 8 nitrogen and oxygen atoms in total. The molecule has 0 bridgehead atoms. The first-order valence-corrected chi connectivity index (χ1v) is 10.3. The molecule has 3 aromatic heterocycles. The molecule has 146 valence electrons. The van der Waals surface area contributed by atoms with Gasteiger partial charge < -0.3 is 10.1 Å². The van der Waals surface area contributed by atoms with E-state index in [1.807, 2.05) is 32.0 Å². The fraction of sp³-hybridized carbons (Fsp3) is 0.278. The van der Waals surface area contributed by atoms with Crippen molar-refractivity contribution in [1.29, 1.82) is 0 Å². The highest BCUT2D eigenvalue weighted by atomic mass is 32.2. The molecule has 28 heavy (non-hydrogen) atoms. The molecule has 0 saturated heterocycles. The third kappa shape index (κ3) is 4.57. The van der Waals surface area contributed by atoms with Crippen LogP contribution >= 0.6 is 23.1 Å². The van der Waals surface area contributed by atoms with Gasteiger partial charge in [0.05, 0.1) is 17.9 Å². The van der Waals surface area contributed by atoms with E-state index in [1.54, 1.807) is 13.1 Å². The number of hydrogen-bond acceptors (Lipinski definition) is 8. The Balaban J connectivity index is 1.63. The predicted molar refractivity (Wildman–Crippen MR) is 109 cm³/mol. The van der Waals surface area contributed by atoms with E-state index >= 15 is 0 Å². The van der Waals surface area contributed by atoms with Crippen LogP contribution in [0.2, 0.25) is 0 Å². The Hall–Kier alpha value is -2.72. The van der Waals surface area contributed by atoms with E-state index in [2.05, 4.69) is 25.5 Å². The molecule has 0 unspecified atom stereocenters. The smallest absolute Gasteiger partial charge is 0.341 e. The predicted octanol–water partition coefficient (Wildman–Crippen LogP) is 3.45. The van der Waals surface area contributed by atoms with Gasteiger partial charge in [-0.25, -0.2) is 4.79 Å². The number of hydrogen-bond donors (Lipinski definition) is 2. The number of thiophene rings is 1. The largest absolute Gasteiger partial charge is 0.462 e. The monoisotopic (exact) mass is 417 g/mol. The third-order valence-corrected chi connectivity index (χ3v) is 5.79. The Morgan fingerprint density at radius 1 is 1.32 bits per heavy atom. The molecule has 0 radical (unpaired) electrons. The lowest BCUT2D eigenvalue weighted by Gasteiger charge is -2.06. The normalized spacial score (nSPS) is 10.7. The molecule has 0 saturated carbocycles. The van der Waals surface area contributed by atoms with Crippen molar-refractivity contribution in [2.45, 2.75) is 25.9 Å². The van der Waals surface area contributed by atoms with Crippen LogP contribution < -0.4 is 5.32 Å². The van der Waals surface area contributed by atoms with Crippen molar-refractivity contribution in [3.8, 4) is 11.5 Å². The molecule has 1 amide bonds. The van der Waals surface area contributed by atoms with Gasteiger partial charge in [-0.05, 0) is 38.5 Å². The second kappa shape index (κ2) is 8.98. The van der Waals surface area contributed by atoms with Gasteiger partial charge in [-0.1, -0.05) is 17.8 Å². The Morgan fingerprint density at radius 3 is 2.86 bits per heavy atom. The van der Waals surface area contributed by atoms with Gasteiger partial charge >= 0.3 is 5.97 Å². The summed E-state index contributed by atoms with van der Waals surface area (Å²) in [7, 11) is 0. The quantitative estimate of drug-likeness (QED) is 0.447. The molecule has 0 spiro atoms. The number of amides is 1. The number of H-pyrrole nitrogens is 1. The van der Waals surface area contributed by atoms with Gasteiger partial charge in [0.2, 0.25) is 11.1 Å². The van der Waals surface area contributed by atoms with E-state index in [0.29, 0.717) is 27.2 Å². The number of carbonyl (C=O) groups is 2. The van der Waals surface area contributed by atoms with Crippen molar-refractivity contribution in [3.05, 3.63) is 40.4 Å². The number of thioether (sulfide) groups is 1. The lowest BCUT2D eigenvalue weighted by atomic mass is 10.1. The molecule has 2 N–H and O–H groups in total. The zero-order valence-corrected chi connectivity index (χ0v) is 17.2. The minimum atomic E-state index is -0.429. The maximum Gasteiger partial charge on any atom is 0.341 e. The first-order chi connectivity index (χ1) is 13.5. The van der Waals surface area contributed by atoms with Crippen LogP contribution in [0.4, 0.5) is 5.00 Å². The number of ether oxygens (including phenoxy) is 1. The molecule has 0 aliphatic heterocycles. The van der Waals surface area contributed by atoms with E-state index in [9.17, 15) is 9.59 Å². The van der Waals surface area contributed by atoms with Crippen molar-refractivity contribution in [3.63, 3.8) is 0 Å². The number of nitrogens with one attached hydrogen (secondary N) is 2. The van der Waals surface area contributed by atoms with Gasteiger partial charge in [0.1, 0.15) is 10.7 Å². The first kappa shape index (κ1) is 20.0. The summed E-state index contributed by atoms with van der Waals surface area (Å²) in [5.41, 5.74) is 1.91.